The predicted molar refractivity (Wildman–Crippen MR) is 61.6 cm³/mol. The van der Waals surface area contributed by atoms with Crippen LogP contribution in [0.25, 0.3) is 0 Å². The molecule has 0 unspecified atom stereocenters. The maximum absolute atomic E-state index is 5.94. The second-order valence-corrected chi connectivity index (χ2v) is 4.39. The minimum atomic E-state index is 0.587. The molecule has 0 spiro atoms. The van der Waals surface area contributed by atoms with Crippen molar-refractivity contribution in [1.29, 1.82) is 0 Å². The first-order valence-corrected chi connectivity index (χ1v) is 5.35. The van der Waals surface area contributed by atoms with Gasteiger partial charge in [0.2, 0.25) is 0 Å². The van der Waals surface area contributed by atoms with Crippen LogP contribution in [0.5, 0.6) is 0 Å². The first kappa shape index (κ1) is 10.8. The predicted octanol–water partition coefficient (Wildman–Crippen LogP) is 3.77. The first-order valence-electron chi connectivity index (χ1n) is 3.61. The molecule has 1 aromatic carbocycles. The summed E-state index contributed by atoms with van der Waals surface area (Å²) in [6.45, 7) is 3.59. The number of anilines is 1. The van der Waals surface area contributed by atoms with Crippen LogP contribution in [0, 0.1) is 0 Å². The van der Waals surface area contributed by atoms with E-state index in [1.54, 1.807) is 6.07 Å². The van der Waals surface area contributed by atoms with Crippen molar-refractivity contribution in [3.05, 3.63) is 34.8 Å². The molecule has 1 rings (SSSR count). The molecule has 0 amide bonds. The number of benzene rings is 1. The van der Waals surface area contributed by atoms with Crippen LogP contribution in [0.2, 0.25) is 5.02 Å². The van der Waals surface area contributed by atoms with Crippen LogP contribution in [0.1, 0.15) is 0 Å². The lowest BCUT2D eigenvalue weighted by atomic mass is 10.3. The fourth-order valence-corrected chi connectivity index (χ4v) is 2.08. The smallest absolute Gasteiger partial charge is 0.0562 e. The molecule has 0 aliphatic rings. The van der Waals surface area contributed by atoms with Crippen molar-refractivity contribution in [3.63, 3.8) is 0 Å². The number of rotatable bonds is 3. The molecule has 0 aliphatic heterocycles. The Labute approximate surface area is 91.9 Å². The zero-order chi connectivity index (χ0) is 9.84. The summed E-state index contributed by atoms with van der Waals surface area (Å²) in [5, 5.41) is 1.24. The van der Waals surface area contributed by atoms with Crippen LogP contribution in [0.3, 0.4) is 0 Å². The first-order chi connectivity index (χ1) is 6.11. The van der Waals surface area contributed by atoms with Gasteiger partial charge in [0.25, 0.3) is 0 Å². The van der Waals surface area contributed by atoms with Crippen LogP contribution < -0.4 is 5.73 Å². The van der Waals surface area contributed by atoms with Gasteiger partial charge in [-0.2, -0.15) is 0 Å². The van der Waals surface area contributed by atoms with Gasteiger partial charge in [-0.25, -0.2) is 0 Å². The van der Waals surface area contributed by atoms with Gasteiger partial charge < -0.3 is 5.73 Å². The van der Waals surface area contributed by atoms with E-state index in [-0.39, 0.29) is 0 Å². The SMILES string of the molecule is C=C(Cl)CSc1c(N)cccc1Cl. The van der Waals surface area contributed by atoms with E-state index in [1.807, 2.05) is 12.1 Å². The highest BCUT2D eigenvalue weighted by Gasteiger charge is 2.04. The van der Waals surface area contributed by atoms with Crippen LogP contribution in [0.4, 0.5) is 5.69 Å². The average molecular weight is 234 g/mol. The lowest BCUT2D eigenvalue weighted by Gasteiger charge is -2.05. The lowest BCUT2D eigenvalue weighted by molar-refractivity contribution is 1.45. The van der Waals surface area contributed by atoms with Crippen molar-refractivity contribution >= 4 is 40.7 Å². The number of hydrogen-bond donors (Lipinski definition) is 1. The molecule has 0 heterocycles. The molecule has 0 atom stereocenters. The van der Waals surface area contributed by atoms with Gasteiger partial charge in [-0.1, -0.05) is 35.8 Å². The summed E-state index contributed by atoms with van der Waals surface area (Å²) in [6, 6.07) is 5.43. The summed E-state index contributed by atoms with van der Waals surface area (Å²) in [7, 11) is 0. The number of halogens is 2. The van der Waals surface area contributed by atoms with Crippen LogP contribution in [-0.4, -0.2) is 5.75 Å². The second-order valence-electron chi connectivity index (χ2n) is 2.46. The Bertz CT molecular complexity index is 305. The molecule has 0 saturated heterocycles. The minimum Gasteiger partial charge on any atom is -0.398 e. The topological polar surface area (TPSA) is 26.0 Å². The van der Waals surface area contributed by atoms with E-state index in [4.69, 9.17) is 28.9 Å². The van der Waals surface area contributed by atoms with Gasteiger partial charge in [0.1, 0.15) is 0 Å². The van der Waals surface area contributed by atoms with Crippen molar-refractivity contribution in [2.75, 3.05) is 11.5 Å². The van der Waals surface area contributed by atoms with Crippen LogP contribution >= 0.6 is 35.0 Å². The highest BCUT2D eigenvalue weighted by Crippen LogP contribution is 2.33. The molecule has 0 fully saturated rings. The van der Waals surface area contributed by atoms with Gasteiger partial charge in [-0.15, -0.1) is 11.8 Å². The standard InChI is InChI=1S/C9H9Cl2NS/c1-6(10)5-13-9-7(11)3-2-4-8(9)12/h2-4H,1,5,12H2. The molecule has 4 heteroatoms. The Morgan fingerprint density at radius 1 is 1.54 bits per heavy atom. The number of hydrogen-bond acceptors (Lipinski definition) is 2. The zero-order valence-corrected chi connectivity index (χ0v) is 9.22. The van der Waals surface area contributed by atoms with Crippen molar-refractivity contribution in [2.45, 2.75) is 4.90 Å². The molecule has 1 nitrogen and oxygen atoms in total. The molecule has 0 aliphatic carbocycles. The molecule has 1 aromatic rings. The van der Waals surface area contributed by atoms with E-state index in [1.165, 1.54) is 11.8 Å². The molecule has 0 saturated carbocycles. The molecular formula is C9H9Cl2NS. The average Bonchev–Trinajstić information content (AvgIpc) is 2.03. The van der Waals surface area contributed by atoms with Gasteiger partial charge in [0.05, 0.1) is 5.02 Å². The number of nitrogen functional groups attached to an aromatic ring is 1. The molecule has 0 aromatic heterocycles. The summed E-state index contributed by atoms with van der Waals surface area (Å²) in [4.78, 5) is 0.867. The number of thioether (sulfide) groups is 1. The third kappa shape index (κ3) is 3.14. The largest absolute Gasteiger partial charge is 0.398 e. The monoisotopic (exact) mass is 233 g/mol. The lowest BCUT2D eigenvalue weighted by Crippen LogP contribution is -1.89. The summed E-state index contributed by atoms with van der Waals surface area (Å²) >= 11 is 13.1. The Hall–Kier alpha value is -0.310. The molecular weight excluding hydrogens is 225 g/mol. The summed E-state index contributed by atoms with van der Waals surface area (Å²) in [5.41, 5.74) is 6.41. The highest BCUT2D eigenvalue weighted by molar-refractivity contribution is 7.99. The molecule has 0 radical (unpaired) electrons. The third-order valence-corrected chi connectivity index (χ3v) is 3.33. The fourth-order valence-electron chi connectivity index (χ4n) is 0.828. The van der Waals surface area contributed by atoms with Gasteiger partial charge in [0.15, 0.2) is 0 Å². The van der Waals surface area contributed by atoms with Crippen molar-refractivity contribution in [1.82, 2.24) is 0 Å². The van der Waals surface area contributed by atoms with E-state index in [9.17, 15) is 0 Å². The Kier molecular flexibility index (Phi) is 3.97. The van der Waals surface area contributed by atoms with Gasteiger partial charge >= 0.3 is 0 Å². The number of nitrogens with two attached hydrogens (primary N) is 1. The normalized spacial score (nSPS) is 10.0. The molecule has 0 bridgehead atoms. The van der Waals surface area contributed by atoms with E-state index in [0.29, 0.717) is 21.5 Å². The maximum Gasteiger partial charge on any atom is 0.0562 e. The van der Waals surface area contributed by atoms with Crippen LogP contribution in [-0.2, 0) is 0 Å². The minimum absolute atomic E-state index is 0.587. The second kappa shape index (κ2) is 4.80. The van der Waals surface area contributed by atoms with Crippen LogP contribution in [0.15, 0.2) is 34.7 Å². The van der Waals surface area contributed by atoms with Gasteiger partial charge in [0, 0.05) is 21.4 Å². The van der Waals surface area contributed by atoms with Crippen molar-refractivity contribution in [3.8, 4) is 0 Å². The highest BCUT2D eigenvalue weighted by atomic mass is 35.5. The van der Waals surface area contributed by atoms with E-state index in [2.05, 4.69) is 6.58 Å². The Morgan fingerprint density at radius 2 is 2.23 bits per heavy atom. The van der Waals surface area contributed by atoms with E-state index in [0.717, 1.165) is 4.90 Å². The Morgan fingerprint density at radius 3 is 2.77 bits per heavy atom. The quantitative estimate of drug-likeness (QED) is 0.636. The maximum atomic E-state index is 5.94. The Balaban J connectivity index is 2.81. The zero-order valence-electron chi connectivity index (χ0n) is 6.89. The summed E-state index contributed by atoms with van der Waals surface area (Å²) < 4.78 is 0. The van der Waals surface area contributed by atoms with Gasteiger partial charge in [-0.05, 0) is 12.1 Å². The van der Waals surface area contributed by atoms with E-state index < -0.39 is 0 Å². The molecule has 70 valence electrons. The van der Waals surface area contributed by atoms with Crippen molar-refractivity contribution in [2.24, 2.45) is 0 Å². The van der Waals surface area contributed by atoms with Crippen molar-refractivity contribution < 1.29 is 0 Å². The summed E-state index contributed by atoms with van der Waals surface area (Å²) in [5.74, 6) is 0.621. The third-order valence-electron chi connectivity index (χ3n) is 1.37. The molecule has 2 N–H and O–H groups in total. The van der Waals surface area contributed by atoms with E-state index >= 15 is 0 Å². The van der Waals surface area contributed by atoms with Gasteiger partial charge in [-0.3, -0.25) is 0 Å². The fraction of sp³-hybridized carbons (Fsp3) is 0.111. The summed E-state index contributed by atoms with van der Waals surface area (Å²) in [6.07, 6.45) is 0. The molecule has 13 heavy (non-hydrogen) atoms.